The van der Waals surface area contributed by atoms with Crippen LogP contribution in [0.5, 0.6) is 0 Å². The quantitative estimate of drug-likeness (QED) is 0.935. The molecule has 3 rings (SSSR count). The zero-order valence-electron chi connectivity index (χ0n) is 14.0. The van der Waals surface area contributed by atoms with Gasteiger partial charge in [0.2, 0.25) is 0 Å². The summed E-state index contributed by atoms with van der Waals surface area (Å²) in [5.74, 6) is 0. The number of amides is 2. The largest absolute Gasteiger partial charge is 0.353 e. The van der Waals surface area contributed by atoms with E-state index in [1.165, 1.54) is 17.0 Å². The van der Waals surface area contributed by atoms with Crippen molar-refractivity contribution in [3.8, 4) is 0 Å². The van der Waals surface area contributed by atoms with Crippen LogP contribution in [0.1, 0.15) is 46.6 Å². The van der Waals surface area contributed by atoms with E-state index in [1.54, 1.807) is 11.3 Å². The summed E-state index contributed by atoms with van der Waals surface area (Å²) in [7, 11) is 2.04. The van der Waals surface area contributed by atoms with E-state index in [0.29, 0.717) is 6.54 Å². The maximum absolute atomic E-state index is 12.7. The van der Waals surface area contributed by atoms with Crippen LogP contribution >= 0.6 is 11.3 Å². The molecule has 1 saturated heterocycles. The van der Waals surface area contributed by atoms with Crippen molar-refractivity contribution >= 4 is 17.4 Å². The highest BCUT2D eigenvalue weighted by molar-refractivity contribution is 7.11. The number of piperidine rings is 1. The molecule has 2 aromatic heterocycles. The molecule has 124 valence electrons. The van der Waals surface area contributed by atoms with Gasteiger partial charge in [0.05, 0.1) is 18.3 Å². The first-order valence-corrected chi connectivity index (χ1v) is 8.96. The number of rotatable bonds is 3. The van der Waals surface area contributed by atoms with E-state index in [0.717, 1.165) is 30.1 Å². The third-order valence-electron chi connectivity index (χ3n) is 4.55. The zero-order chi connectivity index (χ0) is 16.4. The van der Waals surface area contributed by atoms with Gasteiger partial charge in [0.1, 0.15) is 5.01 Å². The van der Waals surface area contributed by atoms with Crippen LogP contribution in [0.4, 0.5) is 4.79 Å². The summed E-state index contributed by atoms with van der Waals surface area (Å²) in [6.45, 7) is 5.40. The van der Waals surface area contributed by atoms with E-state index in [9.17, 15) is 4.79 Å². The van der Waals surface area contributed by atoms with Crippen LogP contribution in [0, 0.1) is 13.8 Å². The zero-order valence-corrected chi connectivity index (χ0v) is 14.8. The van der Waals surface area contributed by atoms with Crippen LogP contribution in [-0.4, -0.2) is 27.0 Å². The first-order valence-electron chi connectivity index (χ1n) is 8.15. The second-order valence-corrected chi connectivity index (χ2v) is 7.44. The van der Waals surface area contributed by atoms with Crippen LogP contribution in [0.25, 0.3) is 0 Å². The molecule has 0 bridgehead atoms. The monoisotopic (exact) mass is 332 g/mol. The number of likely N-dealkylation sites (tertiary alicyclic amines) is 1. The van der Waals surface area contributed by atoms with Crippen molar-refractivity contribution in [3.05, 3.63) is 39.6 Å². The van der Waals surface area contributed by atoms with Crippen LogP contribution < -0.4 is 5.32 Å². The van der Waals surface area contributed by atoms with Gasteiger partial charge in [-0.05, 0) is 45.2 Å². The number of nitrogens with zero attached hydrogens (tertiary/aromatic N) is 3. The molecule has 0 aliphatic carbocycles. The number of nitrogens with one attached hydrogen (secondary N) is 1. The molecule has 0 aromatic carbocycles. The van der Waals surface area contributed by atoms with Crippen LogP contribution in [0.3, 0.4) is 0 Å². The van der Waals surface area contributed by atoms with Gasteiger partial charge >= 0.3 is 6.03 Å². The Balaban J connectivity index is 1.68. The minimum atomic E-state index is 0.0152. The standard InChI is InChI=1S/C17H24N4OS/c1-12-13(2)23-16(19-12)11-18-17(22)21-10-5-4-7-15(21)14-8-6-9-20(14)3/h6,8-9,15H,4-5,7,10-11H2,1-3H3,(H,18,22)/t15-/m0/s1. The molecule has 2 amide bonds. The summed E-state index contributed by atoms with van der Waals surface area (Å²) in [6.07, 6.45) is 5.32. The van der Waals surface area contributed by atoms with Crippen molar-refractivity contribution in [2.45, 2.75) is 45.7 Å². The fourth-order valence-corrected chi connectivity index (χ4v) is 4.04. The molecule has 0 saturated carbocycles. The molecular weight excluding hydrogens is 308 g/mol. The molecule has 1 N–H and O–H groups in total. The lowest BCUT2D eigenvalue weighted by molar-refractivity contribution is 0.148. The van der Waals surface area contributed by atoms with Gasteiger partial charge in [-0.2, -0.15) is 0 Å². The molecule has 0 spiro atoms. The summed E-state index contributed by atoms with van der Waals surface area (Å²) >= 11 is 1.66. The third kappa shape index (κ3) is 3.42. The number of hydrogen-bond acceptors (Lipinski definition) is 3. The normalized spacial score (nSPS) is 18.2. The number of aryl methyl sites for hydroxylation is 3. The number of carbonyl (C=O) groups excluding carboxylic acids is 1. The minimum Gasteiger partial charge on any atom is -0.353 e. The van der Waals surface area contributed by atoms with Crippen molar-refractivity contribution < 1.29 is 4.79 Å². The van der Waals surface area contributed by atoms with Crippen LogP contribution in [-0.2, 0) is 13.6 Å². The van der Waals surface area contributed by atoms with E-state index < -0.39 is 0 Å². The van der Waals surface area contributed by atoms with Crippen LogP contribution in [0.2, 0.25) is 0 Å². The molecule has 5 nitrogen and oxygen atoms in total. The van der Waals surface area contributed by atoms with Gasteiger partial charge in [0.15, 0.2) is 0 Å². The first-order chi connectivity index (χ1) is 11.1. The summed E-state index contributed by atoms with van der Waals surface area (Å²) in [5, 5.41) is 4.02. The summed E-state index contributed by atoms with van der Waals surface area (Å²) in [4.78, 5) is 20.3. The Morgan fingerprint density at radius 3 is 2.91 bits per heavy atom. The van der Waals surface area contributed by atoms with Crippen molar-refractivity contribution in [2.75, 3.05) is 6.54 Å². The number of aromatic nitrogens is 2. The molecule has 6 heteroatoms. The Kier molecular flexibility index (Phi) is 4.71. The van der Waals surface area contributed by atoms with E-state index in [1.807, 2.05) is 31.1 Å². The fourth-order valence-electron chi connectivity index (χ4n) is 3.17. The van der Waals surface area contributed by atoms with Gasteiger partial charge in [-0.25, -0.2) is 9.78 Å². The predicted octanol–water partition coefficient (Wildman–Crippen LogP) is 3.54. The lowest BCUT2D eigenvalue weighted by Gasteiger charge is -2.36. The molecule has 0 radical (unpaired) electrons. The van der Waals surface area contributed by atoms with Crippen molar-refractivity contribution in [1.82, 2.24) is 19.8 Å². The van der Waals surface area contributed by atoms with E-state index in [2.05, 4.69) is 27.9 Å². The number of hydrogen-bond donors (Lipinski definition) is 1. The Bertz CT molecular complexity index is 671. The van der Waals surface area contributed by atoms with Gasteiger partial charge in [0, 0.05) is 30.4 Å². The number of urea groups is 1. The summed E-state index contributed by atoms with van der Waals surface area (Å²) in [5.41, 5.74) is 2.26. The SMILES string of the molecule is Cc1nc(CNC(=O)N2CCCC[C@H]2c2cccn2C)sc1C. The third-order valence-corrected chi connectivity index (χ3v) is 5.63. The second kappa shape index (κ2) is 6.74. The van der Waals surface area contributed by atoms with Gasteiger partial charge < -0.3 is 14.8 Å². The van der Waals surface area contributed by atoms with Crippen molar-refractivity contribution in [3.63, 3.8) is 0 Å². The van der Waals surface area contributed by atoms with Gasteiger partial charge in [-0.1, -0.05) is 0 Å². The lowest BCUT2D eigenvalue weighted by atomic mass is 10.00. The average molecular weight is 332 g/mol. The predicted molar refractivity (Wildman–Crippen MR) is 92.5 cm³/mol. The minimum absolute atomic E-state index is 0.0152. The molecule has 23 heavy (non-hydrogen) atoms. The van der Waals surface area contributed by atoms with E-state index >= 15 is 0 Å². The molecule has 3 heterocycles. The van der Waals surface area contributed by atoms with E-state index in [4.69, 9.17) is 0 Å². The molecule has 2 aromatic rings. The average Bonchev–Trinajstić information content (AvgIpc) is 3.11. The van der Waals surface area contributed by atoms with Crippen LogP contribution in [0.15, 0.2) is 18.3 Å². The topological polar surface area (TPSA) is 50.2 Å². The molecule has 1 aliphatic rings. The molecule has 1 fully saturated rings. The number of thiazole rings is 1. The molecule has 0 unspecified atom stereocenters. The highest BCUT2D eigenvalue weighted by Gasteiger charge is 2.29. The highest BCUT2D eigenvalue weighted by Crippen LogP contribution is 2.30. The van der Waals surface area contributed by atoms with E-state index in [-0.39, 0.29) is 12.1 Å². The lowest BCUT2D eigenvalue weighted by Crippen LogP contribution is -2.44. The highest BCUT2D eigenvalue weighted by atomic mass is 32.1. The maximum atomic E-state index is 12.7. The number of carbonyl (C=O) groups is 1. The Hall–Kier alpha value is -1.82. The van der Waals surface area contributed by atoms with Crippen molar-refractivity contribution in [2.24, 2.45) is 7.05 Å². The molecule has 1 atom stereocenters. The Morgan fingerprint density at radius 2 is 2.26 bits per heavy atom. The first kappa shape index (κ1) is 16.1. The van der Waals surface area contributed by atoms with Gasteiger partial charge in [0.25, 0.3) is 0 Å². The summed E-state index contributed by atoms with van der Waals surface area (Å²) < 4.78 is 2.11. The Morgan fingerprint density at radius 1 is 1.43 bits per heavy atom. The smallest absolute Gasteiger partial charge is 0.318 e. The second-order valence-electron chi connectivity index (χ2n) is 6.16. The van der Waals surface area contributed by atoms with Gasteiger partial charge in [-0.3, -0.25) is 0 Å². The molecule has 1 aliphatic heterocycles. The van der Waals surface area contributed by atoms with Crippen molar-refractivity contribution in [1.29, 1.82) is 0 Å². The fraction of sp³-hybridized carbons (Fsp3) is 0.529. The summed E-state index contributed by atoms with van der Waals surface area (Å²) in [6, 6.07) is 4.34. The van der Waals surface area contributed by atoms with Gasteiger partial charge in [-0.15, -0.1) is 11.3 Å². The molecular formula is C17H24N4OS. The maximum Gasteiger partial charge on any atom is 0.318 e. The Labute approximate surface area is 141 Å².